The van der Waals surface area contributed by atoms with Gasteiger partial charge < -0.3 is 5.73 Å². The van der Waals surface area contributed by atoms with Gasteiger partial charge in [-0.2, -0.15) is 5.10 Å². The van der Waals surface area contributed by atoms with E-state index >= 15 is 0 Å². The largest absolute Gasteiger partial charge is 0.386 e. The standard InChI is InChI=1S/C13H13ClN4O/c1-8-2-3-9(6-11(8)16-12(15)7-14)10-4-5-13(19)18-17-10/h2-6H,7H2,1H3,(H2,15,16)(H,18,19). The number of hydrogen-bond donors (Lipinski definition) is 2. The monoisotopic (exact) mass is 276 g/mol. The molecule has 3 N–H and O–H groups in total. The second kappa shape index (κ2) is 5.67. The quantitative estimate of drug-likeness (QED) is 0.511. The van der Waals surface area contributed by atoms with Crippen LogP contribution in [0.25, 0.3) is 11.3 Å². The molecule has 1 aromatic carbocycles. The molecule has 0 saturated carbocycles. The number of halogens is 1. The highest BCUT2D eigenvalue weighted by molar-refractivity contribution is 6.28. The smallest absolute Gasteiger partial charge is 0.264 e. The molecule has 5 nitrogen and oxygen atoms in total. The molecule has 0 aliphatic carbocycles. The zero-order chi connectivity index (χ0) is 13.8. The normalized spacial score (nSPS) is 11.6. The number of nitrogens with zero attached hydrogens (tertiary/aromatic N) is 2. The van der Waals surface area contributed by atoms with Crippen molar-refractivity contribution in [2.45, 2.75) is 6.92 Å². The molecule has 19 heavy (non-hydrogen) atoms. The van der Waals surface area contributed by atoms with Gasteiger partial charge in [0.1, 0.15) is 5.84 Å². The van der Waals surface area contributed by atoms with E-state index in [2.05, 4.69) is 15.2 Å². The Bertz CT molecular complexity index is 658. The minimum absolute atomic E-state index is 0.181. The predicted octanol–water partition coefficient (Wildman–Crippen LogP) is 1.97. The van der Waals surface area contributed by atoms with E-state index in [1.54, 1.807) is 6.07 Å². The van der Waals surface area contributed by atoms with Crippen LogP contribution in [0.1, 0.15) is 5.56 Å². The Morgan fingerprint density at radius 3 is 2.84 bits per heavy atom. The van der Waals surface area contributed by atoms with E-state index in [0.717, 1.165) is 16.8 Å². The molecule has 0 radical (unpaired) electrons. The molecule has 1 aromatic heterocycles. The first kappa shape index (κ1) is 13.3. The lowest BCUT2D eigenvalue weighted by Gasteiger charge is -2.05. The zero-order valence-corrected chi connectivity index (χ0v) is 11.1. The molecule has 0 atom stereocenters. The molecule has 1 heterocycles. The Morgan fingerprint density at radius 2 is 2.21 bits per heavy atom. The van der Waals surface area contributed by atoms with Crippen molar-refractivity contribution in [3.8, 4) is 11.3 Å². The van der Waals surface area contributed by atoms with Gasteiger partial charge in [0.2, 0.25) is 0 Å². The first-order valence-electron chi connectivity index (χ1n) is 5.66. The maximum atomic E-state index is 11.0. The maximum Gasteiger partial charge on any atom is 0.264 e. The molecule has 0 bridgehead atoms. The lowest BCUT2D eigenvalue weighted by molar-refractivity contribution is 0.995. The summed E-state index contributed by atoms with van der Waals surface area (Å²) in [6, 6.07) is 8.77. The molecule has 0 unspecified atom stereocenters. The number of amidine groups is 1. The van der Waals surface area contributed by atoms with Crippen molar-refractivity contribution >= 4 is 23.1 Å². The van der Waals surface area contributed by atoms with Crippen LogP contribution in [0.3, 0.4) is 0 Å². The molecular formula is C13H13ClN4O. The van der Waals surface area contributed by atoms with Crippen LogP contribution in [0.5, 0.6) is 0 Å². The Labute approximate surface area is 115 Å². The summed E-state index contributed by atoms with van der Waals surface area (Å²) in [5.41, 5.74) is 8.65. The van der Waals surface area contributed by atoms with E-state index < -0.39 is 0 Å². The van der Waals surface area contributed by atoms with Gasteiger partial charge in [-0.15, -0.1) is 11.6 Å². The number of nitrogens with one attached hydrogen (secondary N) is 1. The van der Waals surface area contributed by atoms with Crippen LogP contribution in [0.15, 0.2) is 40.1 Å². The van der Waals surface area contributed by atoms with Crippen LogP contribution in [0.4, 0.5) is 5.69 Å². The number of hydrogen-bond acceptors (Lipinski definition) is 3. The number of aromatic amines is 1. The number of aryl methyl sites for hydroxylation is 1. The van der Waals surface area contributed by atoms with E-state index in [9.17, 15) is 4.79 Å². The molecule has 0 amide bonds. The minimum atomic E-state index is -0.236. The molecule has 0 saturated heterocycles. The van der Waals surface area contributed by atoms with Crippen molar-refractivity contribution < 1.29 is 0 Å². The Morgan fingerprint density at radius 1 is 1.42 bits per heavy atom. The van der Waals surface area contributed by atoms with Crippen LogP contribution < -0.4 is 11.3 Å². The maximum absolute atomic E-state index is 11.0. The topological polar surface area (TPSA) is 84.1 Å². The van der Waals surface area contributed by atoms with Gasteiger partial charge in [-0.1, -0.05) is 12.1 Å². The summed E-state index contributed by atoms with van der Waals surface area (Å²) < 4.78 is 0. The molecule has 0 aliphatic rings. The van der Waals surface area contributed by atoms with Gasteiger partial charge in [0.15, 0.2) is 0 Å². The van der Waals surface area contributed by atoms with Crippen molar-refractivity contribution in [2.24, 2.45) is 10.7 Å². The third-order valence-corrected chi connectivity index (χ3v) is 2.86. The van der Waals surface area contributed by atoms with E-state index in [1.807, 2.05) is 25.1 Å². The zero-order valence-electron chi connectivity index (χ0n) is 10.4. The Kier molecular flexibility index (Phi) is 3.97. The summed E-state index contributed by atoms with van der Waals surface area (Å²) in [7, 11) is 0. The van der Waals surface area contributed by atoms with E-state index in [4.69, 9.17) is 17.3 Å². The third kappa shape index (κ3) is 3.20. The fourth-order valence-electron chi connectivity index (χ4n) is 1.58. The molecule has 2 rings (SSSR count). The second-order valence-electron chi connectivity index (χ2n) is 4.04. The number of alkyl halides is 1. The molecule has 0 aliphatic heterocycles. The second-order valence-corrected chi connectivity index (χ2v) is 4.31. The van der Waals surface area contributed by atoms with Gasteiger partial charge in [0.25, 0.3) is 5.56 Å². The average molecular weight is 277 g/mol. The van der Waals surface area contributed by atoms with Crippen LogP contribution >= 0.6 is 11.6 Å². The SMILES string of the molecule is Cc1ccc(-c2ccc(=O)[nH]n2)cc1N=C(N)CCl. The van der Waals surface area contributed by atoms with Gasteiger partial charge in [0, 0.05) is 11.6 Å². The average Bonchev–Trinajstić information content (AvgIpc) is 2.42. The highest BCUT2D eigenvalue weighted by Gasteiger charge is 2.04. The van der Waals surface area contributed by atoms with Crippen molar-refractivity contribution in [1.82, 2.24) is 10.2 Å². The lowest BCUT2D eigenvalue weighted by Crippen LogP contribution is -2.12. The van der Waals surface area contributed by atoms with Crippen LogP contribution in [0.2, 0.25) is 0 Å². The summed E-state index contributed by atoms with van der Waals surface area (Å²) in [6.45, 7) is 1.93. The molecule has 0 fully saturated rings. The van der Waals surface area contributed by atoms with Crippen LogP contribution in [-0.2, 0) is 0 Å². The summed E-state index contributed by atoms with van der Waals surface area (Å²) in [5, 5.41) is 6.37. The first-order valence-corrected chi connectivity index (χ1v) is 6.19. The van der Waals surface area contributed by atoms with Gasteiger partial charge >= 0.3 is 0 Å². The van der Waals surface area contributed by atoms with Crippen molar-refractivity contribution in [2.75, 3.05) is 5.88 Å². The van der Waals surface area contributed by atoms with Gasteiger partial charge in [-0.25, -0.2) is 10.1 Å². The van der Waals surface area contributed by atoms with E-state index in [-0.39, 0.29) is 11.4 Å². The molecular weight excluding hydrogens is 264 g/mol. The summed E-state index contributed by atoms with van der Waals surface area (Å²) in [4.78, 5) is 15.2. The predicted molar refractivity (Wildman–Crippen MR) is 77.0 cm³/mol. The number of benzene rings is 1. The summed E-state index contributed by atoms with van der Waals surface area (Å²) in [6.07, 6.45) is 0. The van der Waals surface area contributed by atoms with Gasteiger partial charge in [0.05, 0.1) is 17.3 Å². The molecule has 0 spiro atoms. The highest BCUT2D eigenvalue weighted by atomic mass is 35.5. The molecule has 98 valence electrons. The Balaban J connectivity index is 2.46. The van der Waals surface area contributed by atoms with E-state index in [0.29, 0.717) is 11.5 Å². The summed E-state index contributed by atoms with van der Waals surface area (Å²) >= 11 is 5.62. The fourth-order valence-corrected chi connectivity index (χ4v) is 1.64. The molecule has 6 heteroatoms. The number of aromatic nitrogens is 2. The summed E-state index contributed by atoms with van der Waals surface area (Å²) in [5.74, 6) is 0.539. The third-order valence-electron chi connectivity index (χ3n) is 2.58. The number of aliphatic imine (C=N–C) groups is 1. The Hall–Kier alpha value is -2.14. The van der Waals surface area contributed by atoms with Crippen molar-refractivity contribution in [3.63, 3.8) is 0 Å². The van der Waals surface area contributed by atoms with Crippen molar-refractivity contribution in [1.29, 1.82) is 0 Å². The fraction of sp³-hybridized carbons (Fsp3) is 0.154. The minimum Gasteiger partial charge on any atom is -0.386 e. The number of rotatable bonds is 3. The number of nitrogens with two attached hydrogens (primary N) is 1. The van der Waals surface area contributed by atoms with Gasteiger partial charge in [-0.3, -0.25) is 4.79 Å². The highest BCUT2D eigenvalue weighted by Crippen LogP contribution is 2.25. The number of H-pyrrole nitrogens is 1. The van der Waals surface area contributed by atoms with Crippen molar-refractivity contribution in [3.05, 3.63) is 46.2 Å². The van der Waals surface area contributed by atoms with Gasteiger partial charge in [-0.05, 0) is 24.6 Å². The van der Waals surface area contributed by atoms with Crippen LogP contribution in [0, 0.1) is 6.92 Å². The first-order chi connectivity index (χ1) is 9.10. The van der Waals surface area contributed by atoms with Crippen LogP contribution in [-0.4, -0.2) is 21.9 Å². The van der Waals surface area contributed by atoms with E-state index in [1.165, 1.54) is 6.07 Å². The lowest BCUT2D eigenvalue weighted by atomic mass is 10.1. The molecule has 2 aromatic rings.